The maximum absolute atomic E-state index is 11.6. The van der Waals surface area contributed by atoms with Crippen LogP contribution in [-0.4, -0.2) is 53.9 Å². The number of anilines is 1. The summed E-state index contributed by atoms with van der Waals surface area (Å²) in [6.07, 6.45) is 3.58. The van der Waals surface area contributed by atoms with Crippen molar-refractivity contribution in [2.45, 2.75) is 32.9 Å². The second-order valence-corrected chi connectivity index (χ2v) is 8.35. The molecule has 1 saturated heterocycles. The summed E-state index contributed by atoms with van der Waals surface area (Å²) in [6.45, 7) is 4.79. The maximum Gasteiger partial charge on any atom is 0.222 e. The number of aliphatic imine (C=N–C) groups is 1. The van der Waals surface area contributed by atoms with E-state index in [0.717, 1.165) is 47.4 Å². The van der Waals surface area contributed by atoms with E-state index >= 15 is 0 Å². The number of primary amides is 1. The zero-order valence-corrected chi connectivity index (χ0v) is 20.8. The molecule has 2 aromatic heterocycles. The first-order valence-electron chi connectivity index (χ1n) is 9.79. The summed E-state index contributed by atoms with van der Waals surface area (Å²) >= 11 is 1.65. The molecule has 30 heavy (non-hydrogen) atoms. The molecule has 1 aliphatic heterocycles. The number of hydrogen-bond acceptors (Lipinski definition) is 6. The van der Waals surface area contributed by atoms with Crippen LogP contribution in [0.15, 0.2) is 28.7 Å². The summed E-state index contributed by atoms with van der Waals surface area (Å²) in [5.41, 5.74) is 7.64. The molecule has 1 unspecified atom stereocenters. The Labute approximate surface area is 199 Å². The molecule has 3 N–H and O–H groups in total. The fourth-order valence-electron chi connectivity index (χ4n) is 3.61. The molecule has 10 heteroatoms. The van der Waals surface area contributed by atoms with Crippen LogP contribution in [0, 0.1) is 12.8 Å². The van der Waals surface area contributed by atoms with Crippen molar-refractivity contribution in [1.29, 1.82) is 0 Å². The number of carbonyl (C=O) groups excluding carboxylic acids is 1. The van der Waals surface area contributed by atoms with E-state index in [4.69, 9.17) is 5.73 Å². The zero-order valence-electron chi connectivity index (χ0n) is 17.7. The molecule has 1 fully saturated rings. The van der Waals surface area contributed by atoms with E-state index in [2.05, 4.69) is 41.5 Å². The van der Waals surface area contributed by atoms with E-state index in [0.29, 0.717) is 19.6 Å². The highest BCUT2D eigenvalue weighted by Gasteiger charge is 2.26. The number of aromatic nitrogens is 2. The van der Waals surface area contributed by atoms with Crippen LogP contribution >= 0.6 is 35.3 Å². The minimum atomic E-state index is -0.232. The highest BCUT2D eigenvalue weighted by Crippen LogP contribution is 2.24. The van der Waals surface area contributed by atoms with Crippen LogP contribution in [0.25, 0.3) is 0 Å². The average Bonchev–Trinajstić information content (AvgIpc) is 3.13. The summed E-state index contributed by atoms with van der Waals surface area (Å²) in [5.74, 6) is 1.34. The third kappa shape index (κ3) is 6.27. The average molecular weight is 543 g/mol. The van der Waals surface area contributed by atoms with Gasteiger partial charge in [-0.2, -0.15) is 0 Å². The van der Waals surface area contributed by atoms with E-state index < -0.39 is 0 Å². The van der Waals surface area contributed by atoms with Crippen molar-refractivity contribution in [3.8, 4) is 0 Å². The number of pyridine rings is 1. The molecule has 0 radical (unpaired) electrons. The van der Waals surface area contributed by atoms with Gasteiger partial charge in [0.25, 0.3) is 0 Å². The van der Waals surface area contributed by atoms with E-state index in [1.165, 1.54) is 0 Å². The standard InChI is InChI=1S/C20H29N7OS.HI/c1-14-25-17(13-29-14)12-26(3)20(22-2)24-10-15-6-4-8-23-19(15)27-9-5-7-16(11-27)18(21)28;/h4,6,8,13,16H,5,7,9-12H2,1-3H3,(H2,21,28)(H,22,24);1H. The van der Waals surface area contributed by atoms with Gasteiger partial charge in [-0.25, -0.2) is 9.97 Å². The Balaban J connectivity index is 0.00000320. The Hall–Kier alpha value is -1.95. The molecule has 164 valence electrons. The third-order valence-corrected chi connectivity index (χ3v) is 5.89. The lowest BCUT2D eigenvalue weighted by Gasteiger charge is -2.33. The lowest BCUT2D eigenvalue weighted by molar-refractivity contribution is -0.122. The number of nitrogens with one attached hydrogen (secondary N) is 1. The van der Waals surface area contributed by atoms with Gasteiger partial charge in [0.2, 0.25) is 5.91 Å². The van der Waals surface area contributed by atoms with Gasteiger partial charge < -0.3 is 20.9 Å². The Morgan fingerprint density at radius 3 is 2.97 bits per heavy atom. The van der Waals surface area contributed by atoms with Crippen LogP contribution in [0.5, 0.6) is 0 Å². The largest absolute Gasteiger partial charge is 0.369 e. The Bertz CT molecular complexity index is 872. The second-order valence-electron chi connectivity index (χ2n) is 7.29. The Morgan fingerprint density at radius 1 is 1.50 bits per heavy atom. The van der Waals surface area contributed by atoms with Crippen molar-refractivity contribution in [2.24, 2.45) is 16.6 Å². The van der Waals surface area contributed by atoms with Gasteiger partial charge in [-0.15, -0.1) is 35.3 Å². The summed E-state index contributed by atoms with van der Waals surface area (Å²) in [7, 11) is 3.77. The van der Waals surface area contributed by atoms with Crippen molar-refractivity contribution < 1.29 is 4.79 Å². The van der Waals surface area contributed by atoms with Gasteiger partial charge in [0.05, 0.1) is 23.2 Å². The summed E-state index contributed by atoms with van der Waals surface area (Å²) in [6, 6.07) is 3.99. The van der Waals surface area contributed by atoms with Crippen LogP contribution < -0.4 is 16.0 Å². The predicted octanol–water partition coefficient (Wildman–Crippen LogP) is 2.37. The molecule has 0 saturated carbocycles. The first kappa shape index (κ1) is 24.3. The number of guanidine groups is 1. The van der Waals surface area contributed by atoms with Crippen LogP contribution in [-0.2, 0) is 17.9 Å². The fourth-order valence-corrected chi connectivity index (χ4v) is 4.22. The van der Waals surface area contributed by atoms with Crippen LogP contribution in [0.1, 0.15) is 29.1 Å². The molecule has 0 spiro atoms. The minimum absolute atomic E-state index is 0. The maximum atomic E-state index is 11.6. The number of halogens is 1. The second kappa shape index (κ2) is 11.4. The predicted molar refractivity (Wildman–Crippen MR) is 132 cm³/mol. The number of rotatable bonds is 6. The van der Waals surface area contributed by atoms with Gasteiger partial charge in [0.1, 0.15) is 5.82 Å². The molecular weight excluding hydrogens is 513 g/mol. The number of thiazole rings is 1. The van der Waals surface area contributed by atoms with Gasteiger partial charge >= 0.3 is 0 Å². The van der Waals surface area contributed by atoms with Gasteiger partial charge in [-0.1, -0.05) is 6.07 Å². The molecule has 2 aromatic rings. The van der Waals surface area contributed by atoms with E-state index in [9.17, 15) is 4.79 Å². The highest BCUT2D eigenvalue weighted by molar-refractivity contribution is 14.0. The molecule has 0 aliphatic carbocycles. The van der Waals surface area contributed by atoms with E-state index in [1.807, 2.05) is 20.0 Å². The summed E-state index contributed by atoms with van der Waals surface area (Å²) < 4.78 is 0. The molecule has 1 atom stereocenters. The first-order valence-corrected chi connectivity index (χ1v) is 10.7. The topological polar surface area (TPSA) is 99.7 Å². The quantitative estimate of drug-likeness (QED) is 0.330. The van der Waals surface area contributed by atoms with E-state index in [1.54, 1.807) is 24.6 Å². The summed E-state index contributed by atoms with van der Waals surface area (Å²) in [5, 5.41) is 6.55. The van der Waals surface area contributed by atoms with Gasteiger partial charge in [0, 0.05) is 50.9 Å². The lowest BCUT2D eigenvalue weighted by Crippen LogP contribution is -2.42. The van der Waals surface area contributed by atoms with Crippen LogP contribution in [0.4, 0.5) is 5.82 Å². The number of aryl methyl sites for hydroxylation is 1. The molecular formula is C20H30IN7OS. The smallest absolute Gasteiger partial charge is 0.222 e. The molecule has 0 aromatic carbocycles. The Kier molecular flexibility index (Phi) is 9.28. The Morgan fingerprint density at radius 2 is 2.30 bits per heavy atom. The van der Waals surface area contributed by atoms with Gasteiger partial charge in [-0.05, 0) is 25.8 Å². The monoisotopic (exact) mass is 543 g/mol. The summed E-state index contributed by atoms with van der Waals surface area (Å²) in [4.78, 5) is 29.4. The normalized spacial score (nSPS) is 16.7. The van der Waals surface area contributed by atoms with Crippen molar-refractivity contribution in [3.63, 3.8) is 0 Å². The minimum Gasteiger partial charge on any atom is -0.369 e. The third-order valence-electron chi connectivity index (χ3n) is 5.07. The molecule has 1 amide bonds. The van der Waals surface area contributed by atoms with Gasteiger partial charge in [0.15, 0.2) is 5.96 Å². The molecule has 0 bridgehead atoms. The number of carbonyl (C=O) groups is 1. The molecule has 3 heterocycles. The number of nitrogens with zero attached hydrogens (tertiary/aromatic N) is 5. The van der Waals surface area contributed by atoms with Crippen molar-refractivity contribution in [2.75, 3.05) is 32.1 Å². The first-order chi connectivity index (χ1) is 14.0. The molecule has 3 rings (SSSR count). The highest BCUT2D eigenvalue weighted by atomic mass is 127. The van der Waals surface area contributed by atoms with Crippen molar-refractivity contribution in [1.82, 2.24) is 20.2 Å². The van der Waals surface area contributed by atoms with Crippen LogP contribution in [0.2, 0.25) is 0 Å². The van der Waals surface area contributed by atoms with Gasteiger partial charge in [-0.3, -0.25) is 9.79 Å². The number of piperidine rings is 1. The van der Waals surface area contributed by atoms with Crippen molar-refractivity contribution >= 4 is 53.0 Å². The number of nitrogens with two attached hydrogens (primary N) is 1. The number of amides is 1. The SMILES string of the molecule is CN=C(NCc1cccnc1N1CCCC(C(N)=O)C1)N(C)Cc1csc(C)n1.I. The van der Waals surface area contributed by atoms with E-state index in [-0.39, 0.29) is 35.8 Å². The lowest BCUT2D eigenvalue weighted by atomic mass is 9.97. The number of hydrogen-bond donors (Lipinski definition) is 2. The fraction of sp³-hybridized carbons (Fsp3) is 0.500. The zero-order chi connectivity index (χ0) is 20.8. The van der Waals surface area contributed by atoms with Crippen molar-refractivity contribution in [3.05, 3.63) is 40.0 Å². The van der Waals surface area contributed by atoms with Crippen LogP contribution in [0.3, 0.4) is 0 Å². The molecule has 1 aliphatic rings. The molecule has 8 nitrogen and oxygen atoms in total.